The van der Waals surface area contributed by atoms with Gasteiger partial charge in [-0.2, -0.15) is 0 Å². The molecular formula is C19H21N3O2. The number of rotatable bonds is 3. The number of benzene rings is 1. The number of carbonyl (C=O) groups excluding carboxylic acids is 1. The second-order valence-electron chi connectivity index (χ2n) is 5.90. The van der Waals surface area contributed by atoms with Gasteiger partial charge in [0.15, 0.2) is 5.82 Å². The Morgan fingerprint density at radius 2 is 1.92 bits per heavy atom. The average Bonchev–Trinajstić information content (AvgIpc) is 2.60. The summed E-state index contributed by atoms with van der Waals surface area (Å²) in [4.78, 5) is 23.1. The first kappa shape index (κ1) is 16.3. The maximum absolute atomic E-state index is 12.4. The molecule has 3 rings (SSSR count). The van der Waals surface area contributed by atoms with Gasteiger partial charge in [-0.15, -0.1) is 0 Å². The van der Waals surface area contributed by atoms with E-state index in [0.717, 1.165) is 17.0 Å². The van der Waals surface area contributed by atoms with Gasteiger partial charge in [-0.25, -0.2) is 9.97 Å². The highest BCUT2D eigenvalue weighted by atomic mass is 16.5. The SMILES string of the molecule is Cc1cc(C)nc([C@H]2CN(C(=O)/C=C/c3ccccc3)CCO2)n1. The molecule has 1 atom stereocenters. The molecule has 1 amide bonds. The Morgan fingerprint density at radius 3 is 2.62 bits per heavy atom. The van der Waals surface area contributed by atoms with Crippen LogP contribution in [0.2, 0.25) is 0 Å². The number of morpholine rings is 1. The summed E-state index contributed by atoms with van der Waals surface area (Å²) in [5.41, 5.74) is 2.83. The third-order valence-electron chi connectivity index (χ3n) is 3.88. The van der Waals surface area contributed by atoms with Crippen molar-refractivity contribution in [1.29, 1.82) is 0 Å². The van der Waals surface area contributed by atoms with Crippen LogP contribution in [-0.2, 0) is 9.53 Å². The Kier molecular flexibility index (Phi) is 5.01. The van der Waals surface area contributed by atoms with E-state index in [1.807, 2.05) is 56.3 Å². The number of aryl methyl sites for hydroxylation is 2. The molecular weight excluding hydrogens is 302 g/mol. The van der Waals surface area contributed by atoms with Crippen LogP contribution in [0.5, 0.6) is 0 Å². The molecule has 0 spiro atoms. The van der Waals surface area contributed by atoms with Gasteiger partial charge in [-0.1, -0.05) is 30.3 Å². The first-order valence-electron chi connectivity index (χ1n) is 8.07. The van der Waals surface area contributed by atoms with Gasteiger partial charge in [0.1, 0.15) is 6.10 Å². The van der Waals surface area contributed by atoms with E-state index in [9.17, 15) is 4.79 Å². The zero-order chi connectivity index (χ0) is 16.9. The molecule has 1 aliphatic heterocycles. The average molecular weight is 323 g/mol. The van der Waals surface area contributed by atoms with E-state index in [1.54, 1.807) is 11.0 Å². The Balaban J connectivity index is 1.68. The smallest absolute Gasteiger partial charge is 0.246 e. The maximum atomic E-state index is 12.4. The highest BCUT2D eigenvalue weighted by Gasteiger charge is 2.26. The van der Waals surface area contributed by atoms with Gasteiger partial charge >= 0.3 is 0 Å². The Morgan fingerprint density at radius 1 is 1.21 bits per heavy atom. The molecule has 2 heterocycles. The molecule has 0 radical (unpaired) electrons. The summed E-state index contributed by atoms with van der Waals surface area (Å²) in [7, 11) is 0. The van der Waals surface area contributed by atoms with Crippen LogP contribution in [0.3, 0.4) is 0 Å². The number of amides is 1. The van der Waals surface area contributed by atoms with Crippen LogP contribution in [-0.4, -0.2) is 40.5 Å². The minimum absolute atomic E-state index is 0.0171. The van der Waals surface area contributed by atoms with Crippen LogP contribution >= 0.6 is 0 Å². The molecule has 1 fully saturated rings. The van der Waals surface area contributed by atoms with Crippen molar-refractivity contribution in [3.05, 3.63) is 65.2 Å². The molecule has 24 heavy (non-hydrogen) atoms. The Labute approximate surface area is 142 Å². The van der Waals surface area contributed by atoms with Crippen molar-refractivity contribution >= 4 is 12.0 Å². The molecule has 0 unspecified atom stereocenters. The van der Waals surface area contributed by atoms with Crippen molar-refractivity contribution in [3.8, 4) is 0 Å². The van der Waals surface area contributed by atoms with Crippen LogP contribution in [0.1, 0.15) is 28.9 Å². The van der Waals surface area contributed by atoms with E-state index in [4.69, 9.17) is 4.74 Å². The van der Waals surface area contributed by atoms with Gasteiger partial charge in [-0.3, -0.25) is 4.79 Å². The van der Waals surface area contributed by atoms with Crippen molar-refractivity contribution in [1.82, 2.24) is 14.9 Å². The summed E-state index contributed by atoms with van der Waals surface area (Å²) in [6.45, 7) is 5.42. The lowest BCUT2D eigenvalue weighted by Gasteiger charge is -2.31. The van der Waals surface area contributed by atoms with Gasteiger partial charge in [-0.05, 0) is 31.6 Å². The van der Waals surface area contributed by atoms with Crippen molar-refractivity contribution in [2.75, 3.05) is 19.7 Å². The van der Waals surface area contributed by atoms with Crippen LogP contribution < -0.4 is 0 Å². The fraction of sp³-hybridized carbons (Fsp3) is 0.316. The van der Waals surface area contributed by atoms with Crippen molar-refractivity contribution in [2.24, 2.45) is 0 Å². The Bertz CT molecular complexity index is 723. The van der Waals surface area contributed by atoms with Gasteiger partial charge < -0.3 is 9.64 Å². The molecule has 0 aliphatic carbocycles. The summed E-state index contributed by atoms with van der Waals surface area (Å²) >= 11 is 0. The predicted octanol–water partition coefficient (Wildman–Crippen LogP) is 2.71. The van der Waals surface area contributed by atoms with E-state index < -0.39 is 0 Å². The standard InChI is InChI=1S/C19H21N3O2/c1-14-12-15(2)21-19(20-14)17-13-22(10-11-24-17)18(23)9-8-16-6-4-3-5-7-16/h3-9,12,17H,10-11,13H2,1-2H3/b9-8+/t17-/m1/s1. The molecule has 1 saturated heterocycles. The van der Waals surface area contributed by atoms with Crippen LogP contribution in [0.4, 0.5) is 0 Å². The summed E-state index contributed by atoms with van der Waals surface area (Å²) in [5.74, 6) is 0.633. The second-order valence-corrected chi connectivity index (χ2v) is 5.90. The van der Waals surface area contributed by atoms with Crippen molar-refractivity contribution < 1.29 is 9.53 Å². The first-order chi connectivity index (χ1) is 11.6. The predicted molar refractivity (Wildman–Crippen MR) is 92.3 cm³/mol. The molecule has 5 nitrogen and oxygen atoms in total. The molecule has 1 aromatic carbocycles. The third kappa shape index (κ3) is 4.06. The Hall–Kier alpha value is -2.53. The minimum atomic E-state index is -0.272. The maximum Gasteiger partial charge on any atom is 0.246 e. The number of ether oxygens (including phenoxy) is 1. The van der Waals surface area contributed by atoms with Crippen molar-refractivity contribution in [3.63, 3.8) is 0 Å². The lowest BCUT2D eigenvalue weighted by molar-refractivity contribution is -0.134. The minimum Gasteiger partial charge on any atom is -0.367 e. The zero-order valence-electron chi connectivity index (χ0n) is 14.0. The first-order valence-corrected chi connectivity index (χ1v) is 8.07. The summed E-state index contributed by atoms with van der Waals surface area (Å²) < 4.78 is 5.77. The van der Waals surface area contributed by atoms with Gasteiger partial charge in [0.25, 0.3) is 0 Å². The lowest BCUT2D eigenvalue weighted by atomic mass is 10.2. The monoisotopic (exact) mass is 323 g/mol. The zero-order valence-corrected chi connectivity index (χ0v) is 14.0. The van der Waals surface area contributed by atoms with E-state index >= 15 is 0 Å². The van der Waals surface area contributed by atoms with E-state index in [-0.39, 0.29) is 12.0 Å². The third-order valence-corrected chi connectivity index (χ3v) is 3.88. The molecule has 0 N–H and O–H groups in total. The molecule has 1 aliphatic rings. The highest BCUT2D eigenvalue weighted by molar-refractivity contribution is 5.91. The fourth-order valence-electron chi connectivity index (χ4n) is 2.74. The molecule has 0 saturated carbocycles. The number of hydrogen-bond acceptors (Lipinski definition) is 4. The molecule has 2 aromatic rings. The number of carbonyl (C=O) groups is 1. The van der Waals surface area contributed by atoms with Gasteiger partial charge in [0, 0.05) is 24.0 Å². The number of hydrogen-bond donors (Lipinski definition) is 0. The molecule has 1 aromatic heterocycles. The van der Waals surface area contributed by atoms with Crippen LogP contribution in [0, 0.1) is 13.8 Å². The largest absolute Gasteiger partial charge is 0.367 e. The highest BCUT2D eigenvalue weighted by Crippen LogP contribution is 2.20. The fourth-order valence-corrected chi connectivity index (χ4v) is 2.74. The lowest BCUT2D eigenvalue weighted by Crippen LogP contribution is -2.42. The summed E-state index contributed by atoms with van der Waals surface area (Å²) in [6, 6.07) is 11.7. The van der Waals surface area contributed by atoms with Gasteiger partial charge in [0.05, 0.1) is 13.2 Å². The molecule has 5 heteroatoms. The summed E-state index contributed by atoms with van der Waals surface area (Å²) in [6.07, 6.45) is 3.17. The summed E-state index contributed by atoms with van der Waals surface area (Å²) in [5, 5.41) is 0. The van der Waals surface area contributed by atoms with Crippen LogP contribution in [0.25, 0.3) is 6.08 Å². The second kappa shape index (κ2) is 7.36. The van der Waals surface area contributed by atoms with Crippen LogP contribution in [0.15, 0.2) is 42.5 Å². The van der Waals surface area contributed by atoms with E-state index in [1.165, 1.54) is 0 Å². The van der Waals surface area contributed by atoms with Crippen molar-refractivity contribution in [2.45, 2.75) is 20.0 Å². The molecule has 124 valence electrons. The quantitative estimate of drug-likeness (QED) is 0.815. The normalized spacial score (nSPS) is 18.1. The number of nitrogens with zero attached hydrogens (tertiary/aromatic N) is 3. The van der Waals surface area contributed by atoms with Gasteiger partial charge in [0.2, 0.25) is 5.91 Å². The topological polar surface area (TPSA) is 55.3 Å². The van der Waals surface area contributed by atoms with E-state index in [0.29, 0.717) is 25.5 Å². The number of aromatic nitrogens is 2. The van der Waals surface area contributed by atoms with E-state index in [2.05, 4.69) is 9.97 Å². The molecule has 0 bridgehead atoms.